The summed E-state index contributed by atoms with van der Waals surface area (Å²) in [5, 5.41) is 3.64. The number of carbonyl (C=O) groups is 1. The highest BCUT2D eigenvalue weighted by Gasteiger charge is 2.40. The van der Waals surface area contributed by atoms with Crippen molar-refractivity contribution in [1.29, 1.82) is 0 Å². The molecule has 1 saturated carbocycles. The first-order valence-electron chi connectivity index (χ1n) is 10.7. The topological polar surface area (TPSA) is 44.8 Å². The van der Waals surface area contributed by atoms with Crippen LogP contribution in [0.4, 0.5) is 0 Å². The van der Waals surface area contributed by atoms with Crippen LogP contribution in [0.2, 0.25) is 0 Å². The Hall–Kier alpha value is -0.0700. The molecule has 1 N–H and O–H groups in total. The second-order valence-electron chi connectivity index (χ2n) is 8.55. The van der Waals surface area contributed by atoms with E-state index in [9.17, 15) is 4.79 Å². The highest BCUT2D eigenvalue weighted by atomic mass is 35.5. The molecule has 5 nitrogen and oxygen atoms in total. The fourth-order valence-corrected chi connectivity index (χ4v) is 5.33. The van der Waals surface area contributed by atoms with Gasteiger partial charge in [0.2, 0.25) is 5.91 Å². The molecule has 27 heavy (non-hydrogen) atoms. The van der Waals surface area contributed by atoms with E-state index < -0.39 is 0 Å². The maximum absolute atomic E-state index is 12.9. The van der Waals surface area contributed by atoms with Crippen LogP contribution in [-0.2, 0) is 9.53 Å². The Kier molecular flexibility index (Phi) is 9.63. The summed E-state index contributed by atoms with van der Waals surface area (Å²) < 4.78 is 6.08. The van der Waals surface area contributed by atoms with Gasteiger partial charge in [0.05, 0.1) is 18.8 Å². The summed E-state index contributed by atoms with van der Waals surface area (Å²) in [7, 11) is 0. The van der Waals surface area contributed by atoms with Gasteiger partial charge in [-0.05, 0) is 64.0 Å². The van der Waals surface area contributed by atoms with Crippen LogP contribution in [0.5, 0.6) is 0 Å². The maximum atomic E-state index is 12.9. The highest BCUT2D eigenvalue weighted by Crippen LogP contribution is 2.34. The highest BCUT2D eigenvalue weighted by molar-refractivity contribution is 5.85. The molecule has 3 saturated heterocycles. The fraction of sp³-hybridized carbons (Fsp3) is 0.950. The van der Waals surface area contributed by atoms with Crippen molar-refractivity contribution in [2.45, 2.75) is 76.0 Å². The molecule has 3 unspecified atom stereocenters. The molecule has 4 fully saturated rings. The first-order valence-corrected chi connectivity index (χ1v) is 10.7. The van der Waals surface area contributed by atoms with Gasteiger partial charge in [0.15, 0.2) is 0 Å². The third-order valence-corrected chi connectivity index (χ3v) is 6.87. The van der Waals surface area contributed by atoms with Crippen molar-refractivity contribution in [3.63, 3.8) is 0 Å². The summed E-state index contributed by atoms with van der Waals surface area (Å²) in [6.07, 6.45) is 11.4. The molecule has 4 rings (SSSR count). The number of hydrogen-bond acceptors (Lipinski definition) is 4. The Morgan fingerprint density at radius 3 is 2.33 bits per heavy atom. The third-order valence-electron chi connectivity index (χ3n) is 6.87. The van der Waals surface area contributed by atoms with Crippen molar-refractivity contribution in [1.82, 2.24) is 15.1 Å². The fourth-order valence-electron chi connectivity index (χ4n) is 5.33. The van der Waals surface area contributed by atoms with E-state index in [1.165, 1.54) is 51.6 Å². The molecule has 0 spiro atoms. The number of fused-ring (bicyclic) bond motifs is 1. The summed E-state index contributed by atoms with van der Waals surface area (Å²) in [4.78, 5) is 17.5. The lowest BCUT2D eigenvalue weighted by Gasteiger charge is -2.34. The zero-order valence-electron chi connectivity index (χ0n) is 16.4. The number of carbonyl (C=O) groups excluding carboxylic acids is 1. The van der Waals surface area contributed by atoms with Crippen molar-refractivity contribution < 1.29 is 9.53 Å². The monoisotopic (exact) mass is 421 g/mol. The molecule has 4 aliphatic rings. The molecular weight excluding hydrogens is 385 g/mol. The number of ether oxygens (including phenoxy) is 1. The van der Waals surface area contributed by atoms with Crippen LogP contribution in [0.1, 0.15) is 57.8 Å². The summed E-state index contributed by atoms with van der Waals surface area (Å²) in [5.41, 5.74) is 0. The predicted molar refractivity (Wildman–Crippen MR) is 113 cm³/mol. The van der Waals surface area contributed by atoms with E-state index in [1.54, 1.807) is 0 Å². The second kappa shape index (κ2) is 11.2. The molecular formula is C20H37Cl2N3O2. The van der Waals surface area contributed by atoms with Gasteiger partial charge in [-0.1, -0.05) is 12.8 Å². The zero-order chi connectivity index (χ0) is 17.1. The van der Waals surface area contributed by atoms with Crippen LogP contribution < -0.4 is 5.32 Å². The molecule has 1 amide bonds. The molecule has 0 bridgehead atoms. The molecule has 3 atom stereocenters. The number of piperidine rings is 1. The standard InChI is InChI=1S/C20H35N3O2.2ClH/c24-20(19-15-16-5-1-2-6-18(16)21-19)23-11-7-17(8-12-23)25-14-13-22-9-3-4-10-22;;/h16-19,21H,1-15H2;2*1H. The number of likely N-dealkylation sites (tertiary alicyclic amines) is 2. The number of nitrogens with one attached hydrogen (secondary N) is 1. The minimum Gasteiger partial charge on any atom is -0.377 e. The van der Waals surface area contributed by atoms with Gasteiger partial charge in [0.1, 0.15) is 0 Å². The largest absolute Gasteiger partial charge is 0.377 e. The summed E-state index contributed by atoms with van der Waals surface area (Å²) in [6, 6.07) is 0.690. The average molecular weight is 422 g/mol. The van der Waals surface area contributed by atoms with Crippen molar-refractivity contribution >= 4 is 30.7 Å². The smallest absolute Gasteiger partial charge is 0.239 e. The molecule has 3 aliphatic heterocycles. The Labute approximate surface area is 176 Å². The van der Waals surface area contributed by atoms with Crippen LogP contribution >= 0.6 is 24.8 Å². The molecule has 0 aromatic rings. The number of nitrogens with zero attached hydrogens (tertiary/aromatic N) is 2. The Morgan fingerprint density at radius 1 is 0.926 bits per heavy atom. The van der Waals surface area contributed by atoms with Gasteiger partial charge < -0.3 is 19.9 Å². The number of hydrogen-bond donors (Lipinski definition) is 1. The first kappa shape index (κ1) is 23.2. The maximum Gasteiger partial charge on any atom is 0.239 e. The van der Waals surface area contributed by atoms with Gasteiger partial charge in [-0.15, -0.1) is 24.8 Å². The number of amides is 1. The third kappa shape index (κ3) is 5.96. The molecule has 0 radical (unpaired) electrons. The van der Waals surface area contributed by atoms with E-state index >= 15 is 0 Å². The molecule has 158 valence electrons. The molecule has 1 aliphatic carbocycles. The second-order valence-corrected chi connectivity index (χ2v) is 8.55. The van der Waals surface area contributed by atoms with Crippen LogP contribution in [0.25, 0.3) is 0 Å². The molecule has 0 aromatic heterocycles. The van der Waals surface area contributed by atoms with Gasteiger partial charge in [0, 0.05) is 25.7 Å². The van der Waals surface area contributed by atoms with Crippen LogP contribution in [0.15, 0.2) is 0 Å². The Morgan fingerprint density at radius 2 is 1.63 bits per heavy atom. The zero-order valence-corrected chi connectivity index (χ0v) is 18.1. The normalized spacial score (nSPS) is 31.9. The van der Waals surface area contributed by atoms with Crippen molar-refractivity contribution in [3.8, 4) is 0 Å². The minimum atomic E-state index is 0. The molecule has 3 heterocycles. The van der Waals surface area contributed by atoms with E-state index in [2.05, 4.69) is 15.1 Å². The number of rotatable bonds is 5. The van der Waals surface area contributed by atoms with Gasteiger partial charge >= 0.3 is 0 Å². The van der Waals surface area contributed by atoms with Crippen LogP contribution in [-0.4, -0.2) is 73.2 Å². The van der Waals surface area contributed by atoms with E-state index in [1.807, 2.05) is 0 Å². The van der Waals surface area contributed by atoms with Crippen LogP contribution in [0, 0.1) is 5.92 Å². The molecule has 7 heteroatoms. The van der Waals surface area contributed by atoms with Gasteiger partial charge in [-0.25, -0.2) is 0 Å². The van der Waals surface area contributed by atoms with Crippen molar-refractivity contribution in [2.75, 3.05) is 39.3 Å². The predicted octanol–water partition coefficient (Wildman–Crippen LogP) is 2.85. The quantitative estimate of drug-likeness (QED) is 0.740. The van der Waals surface area contributed by atoms with Gasteiger partial charge in [-0.2, -0.15) is 0 Å². The first-order chi connectivity index (χ1) is 12.3. The van der Waals surface area contributed by atoms with Gasteiger partial charge in [-0.3, -0.25) is 4.79 Å². The lowest BCUT2D eigenvalue weighted by Crippen LogP contribution is -2.49. The van der Waals surface area contributed by atoms with E-state index in [4.69, 9.17) is 4.74 Å². The Balaban J connectivity index is 0.00000131. The lowest BCUT2D eigenvalue weighted by atomic mass is 9.85. The van der Waals surface area contributed by atoms with E-state index in [0.717, 1.165) is 51.4 Å². The Bertz CT molecular complexity index is 441. The van der Waals surface area contributed by atoms with Crippen LogP contribution in [0.3, 0.4) is 0 Å². The summed E-state index contributed by atoms with van der Waals surface area (Å²) >= 11 is 0. The number of halogens is 2. The summed E-state index contributed by atoms with van der Waals surface area (Å²) in [6.45, 7) is 6.17. The van der Waals surface area contributed by atoms with E-state index in [-0.39, 0.29) is 30.9 Å². The molecule has 0 aromatic carbocycles. The van der Waals surface area contributed by atoms with Gasteiger partial charge in [0.25, 0.3) is 0 Å². The average Bonchev–Trinajstić information content (AvgIpc) is 3.31. The van der Waals surface area contributed by atoms with Crippen molar-refractivity contribution in [3.05, 3.63) is 0 Å². The SMILES string of the molecule is Cl.Cl.O=C(C1CC2CCCCC2N1)N1CCC(OCCN2CCCC2)CC1. The summed E-state index contributed by atoms with van der Waals surface area (Å²) in [5.74, 6) is 1.10. The van der Waals surface area contributed by atoms with Crippen molar-refractivity contribution in [2.24, 2.45) is 5.92 Å². The minimum absolute atomic E-state index is 0. The lowest BCUT2D eigenvalue weighted by molar-refractivity contribution is -0.135. The van der Waals surface area contributed by atoms with E-state index in [0.29, 0.717) is 18.1 Å².